The second kappa shape index (κ2) is 10.1. The summed E-state index contributed by atoms with van der Waals surface area (Å²) in [6, 6.07) is 21.7. The molecule has 0 aliphatic carbocycles. The molecule has 3 heterocycles. The monoisotopic (exact) mass is 501 g/mol. The molecule has 0 radical (unpaired) electrons. The van der Waals surface area contributed by atoms with Crippen LogP contribution in [0.4, 0.5) is 17.1 Å². The Labute approximate surface area is 213 Å². The molecule has 1 fully saturated rings. The van der Waals surface area contributed by atoms with Crippen LogP contribution in [0.5, 0.6) is 0 Å². The van der Waals surface area contributed by atoms with Crippen LogP contribution in [0.2, 0.25) is 0 Å². The van der Waals surface area contributed by atoms with Crippen molar-refractivity contribution in [1.29, 1.82) is 0 Å². The molecule has 2 aromatic carbocycles. The van der Waals surface area contributed by atoms with Gasteiger partial charge < -0.3 is 25.1 Å². The van der Waals surface area contributed by atoms with E-state index in [0.29, 0.717) is 12.1 Å². The molecule has 2 aromatic heterocycles. The Morgan fingerprint density at radius 2 is 1.72 bits per heavy atom. The number of likely N-dealkylation sites (tertiary alicyclic amines) is 1. The van der Waals surface area contributed by atoms with Crippen LogP contribution < -0.4 is 15.9 Å². The number of H-pyrrole nitrogens is 1. The zero-order valence-electron chi connectivity index (χ0n) is 21.6. The second-order valence-electron chi connectivity index (χ2n) is 10.4. The average Bonchev–Trinajstić information content (AvgIpc) is 3.30. The fourth-order valence-corrected chi connectivity index (χ4v) is 6.18. The molecule has 4 aromatic rings. The highest BCUT2D eigenvalue weighted by Gasteiger charge is 2.21. The summed E-state index contributed by atoms with van der Waals surface area (Å²) < 4.78 is 12.8. The van der Waals surface area contributed by atoms with Crippen LogP contribution in [0.25, 0.3) is 22.3 Å². The second-order valence-corrected chi connectivity index (χ2v) is 13.6. The Hall–Kier alpha value is -3.08. The average molecular weight is 502 g/mol. The molecule has 1 aliphatic heterocycles. The van der Waals surface area contributed by atoms with Gasteiger partial charge in [-0.15, -0.1) is 0 Å². The Kier molecular flexibility index (Phi) is 6.92. The van der Waals surface area contributed by atoms with E-state index in [0.717, 1.165) is 52.1 Å². The number of pyridine rings is 1. The van der Waals surface area contributed by atoms with E-state index in [1.165, 1.54) is 18.5 Å². The lowest BCUT2D eigenvalue weighted by Crippen LogP contribution is -2.42. The van der Waals surface area contributed by atoms with Gasteiger partial charge >= 0.3 is 0 Å². The molecule has 0 unspecified atom stereocenters. The third-order valence-electron chi connectivity index (χ3n) is 7.11. The van der Waals surface area contributed by atoms with Crippen LogP contribution in [0.15, 0.2) is 66.9 Å². The van der Waals surface area contributed by atoms with E-state index in [1.807, 2.05) is 30.3 Å². The predicted molar refractivity (Wildman–Crippen MR) is 154 cm³/mol. The van der Waals surface area contributed by atoms with Crippen molar-refractivity contribution in [2.24, 2.45) is 0 Å². The fourth-order valence-electron chi connectivity index (χ4n) is 5.03. The number of anilines is 3. The molecule has 0 bridgehead atoms. The third kappa shape index (κ3) is 5.35. The highest BCUT2D eigenvalue weighted by molar-refractivity contribution is 7.70. The minimum atomic E-state index is -2.42. The number of para-hydroxylation sites is 1. The number of aromatic nitrogens is 2. The van der Waals surface area contributed by atoms with Crippen molar-refractivity contribution >= 4 is 40.5 Å². The molecular weight excluding hydrogens is 465 g/mol. The van der Waals surface area contributed by atoms with Crippen molar-refractivity contribution in [3.63, 3.8) is 0 Å². The molecular formula is C29H36N5OP. The van der Waals surface area contributed by atoms with Gasteiger partial charge in [0.15, 0.2) is 0 Å². The molecule has 1 aliphatic rings. The molecule has 7 heteroatoms. The van der Waals surface area contributed by atoms with Crippen LogP contribution in [0.1, 0.15) is 26.7 Å². The maximum atomic E-state index is 12.8. The standard InChI is InChI=1S/C29H36N5OP/c1-20(2)34-17-14-23(15-18-34)31-22-11-9-21(10-12-22)27-19-24-25(13-16-30-29(24)33-27)32-26-7-5-6-8-28(26)36(3,4)35/h5-13,16,19-20,23,31H,14-15,17-18H2,1-4H3,(H2,30,32,33). The lowest BCUT2D eigenvalue weighted by Gasteiger charge is -2.35. The maximum Gasteiger partial charge on any atom is 0.139 e. The molecule has 6 nitrogen and oxygen atoms in total. The van der Waals surface area contributed by atoms with E-state index < -0.39 is 7.14 Å². The minimum Gasteiger partial charge on any atom is -0.382 e. The molecule has 3 N–H and O–H groups in total. The summed E-state index contributed by atoms with van der Waals surface area (Å²) in [6.45, 7) is 10.5. The lowest BCUT2D eigenvalue weighted by molar-refractivity contribution is 0.177. The quantitative estimate of drug-likeness (QED) is 0.252. The van der Waals surface area contributed by atoms with Gasteiger partial charge in [-0.1, -0.05) is 24.3 Å². The Morgan fingerprint density at radius 3 is 2.42 bits per heavy atom. The van der Waals surface area contributed by atoms with E-state index in [2.05, 4.69) is 69.7 Å². The van der Waals surface area contributed by atoms with E-state index in [9.17, 15) is 4.57 Å². The van der Waals surface area contributed by atoms with Crippen LogP contribution in [0, 0.1) is 0 Å². The molecule has 5 rings (SSSR count). The molecule has 0 saturated carbocycles. The van der Waals surface area contributed by atoms with E-state index >= 15 is 0 Å². The van der Waals surface area contributed by atoms with Crippen LogP contribution in [0.3, 0.4) is 0 Å². The van der Waals surface area contributed by atoms with Crippen molar-refractivity contribution in [2.45, 2.75) is 38.8 Å². The van der Waals surface area contributed by atoms with Gasteiger partial charge in [-0.3, -0.25) is 0 Å². The van der Waals surface area contributed by atoms with E-state index in [-0.39, 0.29) is 0 Å². The van der Waals surface area contributed by atoms with Gasteiger partial charge in [0.2, 0.25) is 0 Å². The fraction of sp³-hybridized carbons (Fsp3) is 0.345. The molecule has 0 amide bonds. The van der Waals surface area contributed by atoms with Crippen molar-refractivity contribution in [3.8, 4) is 11.3 Å². The molecule has 0 spiro atoms. The highest BCUT2D eigenvalue weighted by Crippen LogP contribution is 2.39. The minimum absolute atomic E-state index is 0.529. The normalized spacial score (nSPS) is 15.5. The number of aromatic amines is 1. The first-order chi connectivity index (χ1) is 17.3. The first-order valence-corrected chi connectivity index (χ1v) is 15.4. The number of piperidine rings is 1. The van der Waals surface area contributed by atoms with Gasteiger partial charge in [-0.25, -0.2) is 4.98 Å². The SMILES string of the molecule is CC(C)N1CCC(Nc2ccc(-c3cc4c(Nc5ccccc5P(C)(C)=O)ccnc4[nH]3)cc2)CC1. The van der Waals surface area contributed by atoms with E-state index in [1.54, 1.807) is 19.5 Å². The number of hydrogen-bond acceptors (Lipinski definition) is 5. The summed E-state index contributed by atoms with van der Waals surface area (Å²) in [7, 11) is -2.42. The number of benzene rings is 2. The first kappa shape index (κ1) is 24.6. The topological polar surface area (TPSA) is 73.0 Å². The van der Waals surface area contributed by atoms with Gasteiger partial charge in [0.05, 0.1) is 5.69 Å². The van der Waals surface area contributed by atoms with Crippen molar-refractivity contribution in [2.75, 3.05) is 37.1 Å². The summed E-state index contributed by atoms with van der Waals surface area (Å²) in [4.78, 5) is 10.6. The highest BCUT2D eigenvalue weighted by atomic mass is 31.2. The van der Waals surface area contributed by atoms with Gasteiger partial charge in [0.25, 0.3) is 0 Å². The summed E-state index contributed by atoms with van der Waals surface area (Å²) in [5.41, 5.74) is 5.94. The lowest BCUT2D eigenvalue weighted by atomic mass is 10.0. The number of fused-ring (bicyclic) bond motifs is 1. The predicted octanol–water partition coefficient (Wildman–Crippen LogP) is 6.51. The largest absolute Gasteiger partial charge is 0.382 e. The Balaban J connectivity index is 1.34. The number of hydrogen-bond donors (Lipinski definition) is 3. The summed E-state index contributed by atoms with van der Waals surface area (Å²) in [5.74, 6) is 0. The van der Waals surface area contributed by atoms with Crippen molar-refractivity contribution < 1.29 is 4.57 Å². The zero-order valence-corrected chi connectivity index (χ0v) is 22.5. The first-order valence-electron chi connectivity index (χ1n) is 12.8. The zero-order chi connectivity index (χ0) is 25.3. The molecule has 188 valence electrons. The van der Waals surface area contributed by atoms with Gasteiger partial charge in [0, 0.05) is 59.1 Å². The third-order valence-corrected chi connectivity index (χ3v) is 8.66. The molecule has 0 atom stereocenters. The van der Waals surface area contributed by atoms with Crippen LogP contribution >= 0.6 is 7.14 Å². The summed E-state index contributed by atoms with van der Waals surface area (Å²) in [6.07, 6.45) is 4.15. The van der Waals surface area contributed by atoms with E-state index in [4.69, 9.17) is 0 Å². The smallest absolute Gasteiger partial charge is 0.139 e. The Morgan fingerprint density at radius 1 is 1.00 bits per heavy atom. The van der Waals surface area contributed by atoms with Crippen LogP contribution in [-0.2, 0) is 4.57 Å². The van der Waals surface area contributed by atoms with Gasteiger partial charge in [-0.2, -0.15) is 0 Å². The van der Waals surface area contributed by atoms with Crippen LogP contribution in [-0.4, -0.2) is 53.4 Å². The van der Waals surface area contributed by atoms with Crippen molar-refractivity contribution in [1.82, 2.24) is 14.9 Å². The number of rotatable bonds is 7. The Bertz CT molecular complexity index is 1380. The molecule has 36 heavy (non-hydrogen) atoms. The molecule has 1 saturated heterocycles. The number of nitrogens with one attached hydrogen (secondary N) is 3. The maximum absolute atomic E-state index is 12.8. The van der Waals surface area contributed by atoms with Gasteiger partial charge in [0.1, 0.15) is 12.8 Å². The van der Waals surface area contributed by atoms with Gasteiger partial charge in [-0.05, 0) is 82.0 Å². The summed E-state index contributed by atoms with van der Waals surface area (Å²) >= 11 is 0. The van der Waals surface area contributed by atoms with Crippen molar-refractivity contribution in [3.05, 3.63) is 66.9 Å². The summed E-state index contributed by atoms with van der Waals surface area (Å²) in [5, 5.41) is 9.08. The number of nitrogens with zero attached hydrogens (tertiary/aromatic N) is 2.